The predicted octanol–water partition coefficient (Wildman–Crippen LogP) is 3.64. The zero-order valence-electron chi connectivity index (χ0n) is 15.9. The van der Waals surface area contributed by atoms with E-state index in [4.69, 9.17) is 9.84 Å². The van der Waals surface area contributed by atoms with Crippen LogP contribution in [0.2, 0.25) is 0 Å². The Balaban J connectivity index is 1.62. The molecule has 0 saturated carbocycles. The predicted molar refractivity (Wildman–Crippen MR) is 103 cm³/mol. The number of thiophene rings is 1. The molecule has 0 saturated heterocycles. The van der Waals surface area contributed by atoms with E-state index in [1.165, 1.54) is 10.4 Å². The van der Waals surface area contributed by atoms with Gasteiger partial charge in [-0.1, -0.05) is 6.92 Å². The molecule has 0 fully saturated rings. The van der Waals surface area contributed by atoms with Gasteiger partial charge in [-0.25, -0.2) is 4.79 Å². The molecule has 7 heteroatoms. The van der Waals surface area contributed by atoms with E-state index in [0.29, 0.717) is 13.2 Å². The van der Waals surface area contributed by atoms with Gasteiger partial charge in [0.25, 0.3) is 0 Å². The quantitative estimate of drug-likeness (QED) is 0.772. The van der Waals surface area contributed by atoms with Gasteiger partial charge in [0.2, 0.25) is 0 Å². The smallest absolute Gasteiger partial charge is 0.410 e. The van der Waals surface area contributed by atoms with Crippen LogP contribution in [0.3, 0.4) is 0 Å². The Kier molecular flexibility index (Phi) is 6.32. The number of aryl methyl sites for hydroxylation is 2. The standard InChI is InChI=1S/C19H28N4O2S/c1-4-9-25-19(24)22-7-5-8-23-17(13-22)11-16(20-23)12-21(3)14-18-15(2)6-10-26-18/h6,10-11H,4-5,7-9,12-14H2,1-3H3. The fraction of sp³-hybridized carbons (Fsp3) is 0.579. The molecular formula is C19H28N4O2S. The van der Waals surface area contributed by atoms with Crippen molar-refractivity contribution in [3.8, 4) is 0 Å². The normalized spacial score (nSPS) is 14.4. The molecule has 0 aromatic carbocycles. The second kappa shape index (κ2) is 8.68. The number of hydrogen-bond donors (Lipinski definition) is 0. The molecule has 6 nitrogen and oxygen atoms in total. The highest BCUT2D eigenvalue weighted by molar-refractivity contribution is 7.10. The second-order valence-electron chi connectivity index (χ2n) is 6.94. The minimum atomic E-state index is -0.215. The Labute approximate surface area is 159 Å². The highest BCUT2D eigenvalue weighted by Crippen LogP contribution is 2.19. The Bertz CT molecular complexity index is 740. The van der Waals surface area contributed by atoms with Gasteiger partial charge in [-0.15, -0.1) is 11.3 Å². The minimum absolute atomic E-state index is 0.215. The average Bonchev–Trinajstić information content (AvgIpc) is 3.12. The van der Waals surface area contributed by atoms with Gasteiger partial charge in [0, 0.05) is 31.1 Å². The van der Waals surface area contributed by atoms with Crippen LogP contribution in [0.25, 0.3) is 0 Å². The van der Waals surface area contributed by atoms with E-state index in [9.17, 15) is 4.79 Å². The third-order valence-corrected chi connectivity index (χ3v) is 5.57. The van der Waals surface area contributed by atoms with Crippen LogP contribution in [-0.2, 0) is 30.9 Å². The first kappa shape index (κ1) is 18.9. The highest BCUT2D eigenvalue weighted by Gasteiger charge is 2.21. The fourth-order valence-corrected chi connectivity index (χ4v) is 4.16. The second-order valence-corrected chi connectivity index (χ2v) is 7.94. The van der Waals surface area contributed by atoms with Crippen LogP contribution in [0.1, 0.15) is 41.6 Å². The number of nitrogens with zero attached hydrogens (tertiary/aromatic N) is 4. The van der Waals surface area contributed by atoms with Gasteiger partial charge >= 0.3 is 6.09 Å². The summed E-state index contributed by atoms with van der Waals surface area (Å²) in [5, 5.41) is 6.90. The number of aromatic nitrogens is 2. The van der Waals surface area contributed by atoms with E-state index in [-0.39, 0.29) is 6.09 Å². The zero-order chi connectivity index (χ0) is 18.5. The van der Waals surface area contributed by atoms with Crippen molar-refractivity contribution < 1.29 is 9.53 Å². The Morgan fingerprint density at radius 1 is 1.38 bits per heavy atom. The average molecular weight is 377 g/mol. The highest BCUT2D eigenvalue weighted by atomic mass is 32.1. The minimum Gasteiger partial charge on any atom is -0.449 e. The molecule has 0 N–H and O–H groups in total. The lowest BCUT2D eigenvalue weighted by Crippen LogP contribution is -2.31. The van der Waals surface area contributed by atoms with E-state index in [0.717, 1.165) is 50.4 Å². The molecule has 3 heterocycles. The lowest BCUT2D eigenvalue weighted by molar-refractivity contribution is 0.100. The van der Waals surface area contributed by atoms with E-state index in [2.05, 4.69) is 36.4 Å². The first-order valence-electron chi connectivity index (χ1n) is 9.25. The molecule has 2 aromatic rings. The summed E-state index contributed by atoms with van der Waals surface area (Å²) in [5.41, 5.74) is 3.50. The van der Waals surface area contributed by atoms with Crippen LogP contribution < -0.4 is 0 Å². The van der Waals surface area contributed by atoms with E-state index in [1.807, 2.05) is 11.6 Å². The van der Waals surface area contributed by atoms with Crippen LogP contribution in [0.4, 0.5) is 4.79 Å². The van der Waals surface area contributed by atoms with Crippen molar-refractivity contribution in [2.24, 2.45) is 0 Å². The number of hydrogen-bond acceptors (Lipinski definition) is 5. The van der Waals surface area contributed by atoms with Gasteiger partial charge in [-0.3, -0.25) is 9.58 Å². The zero-order valence-corrected chi connectivity index (χ0v) is 16.7. The summed E-state index contributed by atoms with van der Waals surface area (Å²) < 4.78 is 7.34. The van der Waals surface area contributed by atoms with Crippen LogP contribution in [0.15, 0.2) is 17.5 Å². The maximum Gasteiger partial charge on any atom is 0.410 e. The molecule has 1 aliphatic heterocycles. The molecular weight excluding hydrogens is 348 g/mol. The van der Waals surface area contributed by atoms with Crippen molar-refractivity contribution in [1.82, 2.24) is 19.6 Å². The third-order valence-electron chi connectivity index (χ3n) is 4.57. The molecule has 3 rings (SSSR count). The van der Waals surface area contributed by atoms with Crippen molar-refractivity contribution in [3.63, 3.8) is 0 Å². The van der Waals surface area contributed by atoms with Crippen molar-refractivity contribution in [3.05, 3.63) is 39.3 Å². The van der Waals surface area contributed by atoms with Crippen molar-refractivity contribution in [1.29, 1.82) is 0 Å². The molecule has 0 aliphatic carbocycles. The van der Waals surface area contributed by atoms with Gasteiger partial charge in [-0.2, -0.15) is 5.10 Å². The van der Waals surface area contributed by atoms with Crippen LogP contribution >= 0.6 is 11.3 Å². The number of ether oxygens (including phenoxy) is 1. The van der Waals surface area contributed by atoms with Gasteiger partial charge in [0.15, 0.2) is 0 Å². The number of carbonyl (C=O) groups excluding carboxylic acids is 1. The molecule has 142 valence electrons. The lowest BCUT2D eigenvalue weighted by Gasteiger charge is -2.19. The number of fused-ring (bicyclic) bond motifs is 1. The summed E-state index contributed by atoms with van der Waals surface area (Å²) in [4.78, 5) is 17.7. The van der Waals surface area contributed by atoms with Gasteiger partial charge < -0.3 is 9.64 Å². The molecule has 0 spiro atoms. The molecule has 0 radical (unpaired) electrons. The molecule has 2 aromatic heterocycles. The lowest BCUT2D eigenvalue weighted by atomic mass is 10.2. The summed E-state index contributed by atoms with van der Waals surface area (Å²) in [7, 11) is 2.12. The molecule has 26 heavy (non-hydrogen) atoms. The van der Waals surface area contributed by atoms with Crippen LogP contribution in [0, 0.1) is 6.92 Å². The van der Waals surface area contributed by atoms with Crippen molar-refractivity contribution in [2.45, 2.75) is 52.9 Å². The number of amides is 1. The number of rotatable bonds is 6. The first-order chi connectivity index (χ1) is 12.6. The van der Waals surface area contributed by atoms with E-state index in [1.54, 1.807) is 16.2 Å². The Morgan fingerprint density at radius 2 is 2.23 bits per heavy atom. The van der Waals surface area contributed by atoms with Crippen molar-refractivity contribution >= 4 is 17.4 Å². The maximum absolute atomic E-state index is 12.2. The summed E-state index contributed by atoms with van der Waals surface area (Å²) >= 11 is 1.80. The van der Waals surface area contributed by atoms with Crippen molar-refractivity contribution in [2.75, 3.05) is 20.2 Å². The monoisotopic (exact) mass is 376 g/mol. The van der Waals surface area contributed by atoms with Crippen LogP contribution in [-0.4, -0.2) is 45.9 Å². The molecule has 1 aliphatic rings. The SMILES string of the molecule is CCCOC(=O)N1CCCn2nc(CN(C)Cc3sccc3C)cc2C1. The third kappa shape index (κ3) is 4.65. The molecule has 0 bridgehead atoms. The summed E-state index contributed by atoms with van der Waals surface area (Å²) in [5.74, 6) is 0. The maximum atomic E-state index is 12.2. The van der Waals surface area contributed by atoms with E-state index >= 15 is 0 Å². The van der Waals surface area contributed by atoms with E-state index < -0.39 is 0 Å². The van der Waals surface area contributed by atoms with Gasteiger partial charge in [0.05, 0.1) is 24.5 Å². The van der Waals surface area contributed by atoms with Gasteiger partial charge in [0.1, 0.15) is 0 Å². The Morgan fingerprint density at radius 3 is 2.96 bits per heavy atom. The summed E-state index contributed by atoms with van der Waals surface area (Å²) in [6, 6.07) is 4.29. The van der Waals surface area contributed by atoms with Crippen LogP contribution in [0.5, 0.6) is 0 Å². The van der Waals surface area contributed by atoms with Gasteiger partial charge in [-0.05, 0) is 49.9 Å². The largest absolute Gasteiger partial charge is 0.449 e. The summed E-state index contributed by atoms with van der Waals surface area (Å²) in [6.45, 7) is 8.52. The summed E-state index contributed by atoms with van der Waals surface area (Å²) in [6.07, 6.45) is 1.53. The molecule has 1 amide bonds. The topological polar surface area (TPSA) is 50.6 Å². The molecule has 0 atom stereocenters. The molecule has 0 unspecified atom stereocenters. The first-order valence-corrected chi connectivity index (χ1v) is 10.1. The Hall–Kier alpha value is -1.86. The fourth-order valence-electron chi connectivity index (χ4n) is 3.18. The number of carbonyl (C=O) groups is 1.